The van der Waals surface area contributed by atoms with Crippen LogP contribution in [0.3, 0.4) is 0 Å². The molecule has 0 unspecified atom stereocenters. The highest BCUT2D eigenvalue weighted by Gasteiger charge is 2.13. The first-order valence-corrected chi connectivity index (χ1v) is 6.46. The predicted molar refractivity (Wildman–Crippen MR) is 77.9 cm³/mol. The molecule has 0 saturated heterocycles. The zero-order valence-electron chi connectivity index (χ0n) is 9.58. The SMILES string of the molecule is Nc1cccc(C(=O)Nc2cc(F)ccc2Cl)c1Br. The van der Waals surface area contributed by atoms with Crippen LogP contribution in [-0.4, -0.2) is 5.91 Å². The lowest BCUT2D eigenvalue weighted by Gasteiger charge is -2.09. The average Bonchev–Trinajstić information content (AvgIpc) is 2.37. The maximum Gasteiger partial charge on any atom is 0.256 e. The minimum Gasteiger partial charge on any atom is -0.398 e. The Labute approximate surface area is 122 Å². The number of amides is 1. The molecule has 2 aromatic rings. The number of nitrogens with one attached hydrogen (secondary N) is 1. The van der Waals surface area contributed by atoms with Gasteiger partial charge in [0.25, 0.3) is 5.91 Å². The van der Waals surface area contributed by atoms with Crippen molar-refractivity contribution in [1.29, 1.82) is 0 Å². The molecule has 0 aliphatic heterocycles. The van der Waals surface area contributed by atoms with E-state index < -0.39 is 11.7 Å². The maximum absolute atomic E-state index is 13.1. The van der Waals surface area contributed by atoms with E-state index in [1.54, 1.807) is 18.2 Å². The largest absolute Gasteiger partial charge is 0.398 e. The second kappa shape index (κ2) is 5.59. The summed E-state index contributed by atoms with van der Waals surface area (Å²) < 4.78 is 13.6. The van der Waals surface area contributed by atoms with E-state index in [2.05, 4.69) is 21.2 Å². The van der Waals surface area contributed by atoms with Gasteiger partial charge in [0.2, 0.25) is 0 Å². The Kier molecular flexibility index (Phi) is 4.07. The van der Waals surface area contributed by atoms with Crippen molar-refractivity contribution >= 4 is 44.8 Å². The van der Waals surface area contributed by atoms with E-state index in [-0.39, 0.29) is 10.7 Å². The van der Waals surface area contributed by atoms with E-state index in [0.717, 1.165) is 6.07 Å². The van der Waals surface area contributed by atoms with Gasteiger partial charge < -0.3 is 11.1 Å². The molecule has 6 heteroatoms. The molecule has 0 bridgehead atoms. The lowest BCUT2D eigenvalue weighted by atomic mass is 10.2. The second-order valence-electron chi connectivity index (χ2n) is 3.79. The van der Waals surface area contributed by atoms with Crippen LogP contribution in [0.2, 0.25) is 5.02 Å². The third-order valence-corrected chi connectivity index (χ3v) is 3.66. The van der Waals surface area contributed by atoms with Crippen molar-refractivity contribution in [3.63, 3.8) is 0 Å². The van der Waals surface area contributed by atoms with Crippen LogP contribution < -0.4 is 11.1 Å². The highest BCUT2D eigenvalue weighted by molar-refractivity contribution is 9.10. The summed E-state index contributed by atoms with van der Waals surface area (Å²) in [4.78, 5) is 12.1. The number of nitrogens with two attached hydrogens (primary N) is 1. The van der Waals surface area contributed by atoms with Crippen LogP contribution in [0.1, 0.15) is 10.4 Å². The first-order chi connectivity index (χ1) is 8.99. The molecule has 3 nitrogen and oxygen atoms in total. The number of nitrogen functional groups attached to an aromatic ring is 1. The van der Waals surface area contributed by atoms with Crippen molar-refractivity contribution in [3.05, 3.63) is 57.3 Å². The van der Waals surface area contributed by atoms with Gasteiger partial charge in [-0.05, 0) is 46.3 Å². The van der Waals surface area contributed by atoms with Crippen molar-refractivity contribution in [2.24, 2.45) is 0 Å². The summed E-state index contributed by atoms with van der Waals surface area (Å²) in [6, 6.07) is 8.66. The van der Waals surface area contributed by atoms with E-state index in [4.69, 9.17) is 17.3 Å². The molecule has 0 fully saturated rings. The van der Waals surface area contributed by atoms with Gasteiger partial charge in [0.1, 0.15) is 5.82 Å². The standard InChI is InChI=1S/C13H9BrClFN2O/c14-12-8(2-1-3-10(12)17)13(19)18-11-6-7(16)4-5-9(11)15/h1-6H,17H2,(H,18,19). The quantitative estimate of drug-likeness (QED) is 0.807. The van der Waals surface area contributed by atoms with Crippen LogP contribution in [-0.2, 0) is 0 Å². The average molecular weight is 344 g/mol. The van der Waals surface area contributed by atoms with Crippen molar-refractivity contribution in [3.8, 4) is 0 Å². The molecule has 0 aliphatic rings. The molecule has 3 N–H and O–H groups in total. The van der Waals surface area contributed by atoms with Gasteiger partial charge >= 0.3 is 0 Å². The van der Waals surface area contributed by atoms with Crippen LogP contribution in [0.25, 0.3) is 0 Å². The molecule has 19 heavy (non-hydrogen) atoms. The summed E-state index contributed by atoms with van der Waals surface area (Å²) in [7, 11) is 0. The minimum absolute atomic E-state index is 0.209. The second-order valence-corrected chi connectivity index (χ2v) is 4.99. The fraction of sp³-hybridized carbons (Fsp3) is 0. The number of anilines is 2. The fourth-order valence-corrected chi connectivity index (χ4v) is 2.12. The normalized spacial score (nSPS) is 10.3. The monoisotopic (exact) mass is 342 g/mol. The summed E-state index contributed by atoms with van der Waals surface area (Å²) in [5, 5.41) is 2.80. The minimum atomic E-state index is -0.480. The first-order valence-electron chi connectivity index (χ1n) is 5.29. The van der Waals surface area contributed by atoms with Crippen molar-refractivity contribution in [1.82, 2.24) is 0 Å². The molecule has 0 aromatic heterocycles. The smallest absolute Gasteiger partial charge is 0.256 e. The number of rotatable bonds is 2. The summed E-state index contributed by atoms with van der Waals surface area (Å²) in [6.07, 6.45) is 0. The highest BCUT2D eigenvalue weighted by atomic mass is 79.9. The molecule has 0 atom stereocenters. The van der Waals surface area contributed by atoms with E-state index in [1.807, 2.05) is 0 Å². The third-order valence-electron chi connectivity index (χ3n) is 2.45. The molecule has 0 aliphatic carbocycles. The van der Waals surface area contributed by atoms with Crippen LogP contribution >= 0.6 is 27.5 Å². The van der Waals surface area contributed by atoms with Gasteiger partial charge in [-0.1, -0.05) is 17.7 Å². The Morgan fingerprint density at radius 3 is 2.79 bits per heavy atom. The number of benzene rings is 2. The predicted octanol–water partition coefficient (Wildman–Crippen LogP) is 4.08. The summed E-state index contributed by atoms with van der Waals surface area (Å²) in [5.74, 6) is -0.905. The highest BCUT2D eigenvalue weighted by Crippen LogP contribution is 2.27. The van der Waals surface area contributed by atoms with Gasteiger partial charge in [-0.25, -0.2) is 4.39 Å². The van der Waals surface area contributed by atoms with Gasteiger partial charge in [0, 0.05) is 5.69 Å². The number of hydrogen-bond donors (Lipinski definition) is 2. The Bertz CT molecular complexity index is 649. The zero-order chi connectivity index (χ0) is 14.0. The van der Waals surface area contributed by atoms with Crippen LogP contribution in [0.4, 0.5) is 15.8 Å². The Balaban J connectivity index is 2.31. The van der Waals surface area contributed by atoms with Gasteiger partial charge in [-0.3, -0.25) is 4.79 Å². The Morgan fingerprint density at radius 2 is 2.05 bits per heavy atom. The van der Waals surface area contributed by atoms with Crippen molar-refractivity contribution < 1.29 is 9.18 Å². The van der Waals surface area contributed by atoms with Crippen molar-refractivity contribution in [2.45, 2.75) is 0 Å². The molecule has 1 amide bonds. The van der Waals surface area contributed by atoms with Crippen LogP contribution in [0.5, 0.6) is 0 Å². The third kappa shape index (κ3) is 3.05. The summed E-state index contributed by atoms with van der Waals surface area (Å²) in [6.45, 7) is 0. The molecule has 0 radical (unpaired) electrons. The Hall–Kier alpha value is -1.59. The van der Waals surface area contributed by atoms with Crippen molar-refractivity contribution in [2.75, 3.05) is 11.1 Å². The number of halogens is 3. The molecule has 0 spiro atoms. The van der Waals surface area contributed by atoms with Crippen LogP contribution in [0, 0.1) is 5.82 Å². The molecule has 0 saturated carbocycles. The number of hydrogen-bond acceptors (Lipinski definition) is 2. The molecule has 0 heterocycles. The maximum atomic E-state index is 13.1. The van der Waals surface area contributed by atoms with E-state index in [9.17, 15) is 9.18 Å². The molecular formula is C13H9BrClFN2O. The van der Waals surface area contributed by atoms with Gasteiger partial charge in [0.05, 0.1) is 20.7 Å². The lowest BCUT2D eigenvalue weighted by Crippen LogP contribution is -2.13. The topological polar surface area (TPSA) is 55.1 Å². The summed E-state index contributed by atoms with van der Waals surface area (Å²) in [5.41, 5.74) is 6.69. The van der Waals surface area contributed by atoms with E-state index in [1.165, 1.54) is 12.1 Å². The van der Waals surface area contributed by atoms with E-state index in [0.29, 0.717) is 15.7 Å². The molecule has 2 rings (SSSR count). The number of carbonyl (C=O) groups is 1. The first kappa shape index (κ1) is 13.8. The van der Waals surface area contributed by atoms with Crippen LogP contribution in [0.15, 0.2) is 40.9 Å². The zero-order valence-corrected chi connectivity index (χ0v) is 11.9. The van der Waals surface area contributed by atoms with Gasteiger partial charge in [0.15, 0.2) is 0 Å². The van der Waals surface area contributed by atoms with E-state index >= 15 is 0 Å². The Morgan fingerprint density at radius 1 is 1.32 bits per heavy atom. The fourth-order valence-electron chi connectivity index (χ4n) is 1.51. The molecule has 2 aromatic carbocycles. The molecular weight excluding hydrogens is 335 g/mol. The number of carbonyl (C=O) groups excluding carboxylic acids is 1. The lowest BCUT2D eigenvalue weighted by molar-refractivity contribution is 0.102. The van der Waals surface area contributed by atoms with Gasteiger partial charge in [-0.2, -0.15) is 0 Å². The summed E-state index contributed by atoms with van der Waals surface area (Å²) >= 11 is 9.12. The van der Waals surface area contributed by atoms with Gasteiger partial charge in [-0.15, -0.1) is 0 Å². The molecule has 98 valence electrons.